The van der Waals surface area contributed by atoms with E-state index < -0.39 is 0 Å². The van der Waals surface area contributed by atoms with Gasteiger partial charge in [-0.05, 0) is 238 Å². The molecule has 104 heavy (non-hydrogen) atoms. The standard InChI is InChI=1S/C37H24S.C35H24.C31H22/c1-37(2)30-9-5-3-8-28(30)36-29-18-12-21-11-15-24(27-17-14-23(19-31(36)37)35(29)34(21)27)22-13-16-26-25-7-4-6-10-32(25)38-33(26)20-22;1-35(2)30-13-6-5-11-28(30)34-29-19-15-22-14-17-26(25-12-7-9-21-8-3-4-10-24(21)25)27-18-16-23(20-31(34)35)33(29)32(22)27;1-31(2)26-11-7-6-10-24(26)30-25-17-13-20-12-15-22(19-8-4-3-5-9-19)23-16-14-21(18-27(30)31)29(25)28(20)23/h3-20H,1-2H3;3-20H,1-2H3;3-18H,1-2H3. The van der Waals surface area contributed by atoms with Crippen molar-refractivity contribution in [2.24, 2.45) is 0 Å². The zero-order valence-corrected chi connectivity index (χ0v) is 59.7. The summed E-state index contributed by atoms with van der Waals surface area (Å²) >= 11 is 1.89. The smallest absolute Gasteiger partial charge is 0.0361 e. The molecule has 1 heterocycles. The number of thiophene rings is 1. The van der Waals surface area contributed by atoms with Gasteiger partial charge in [-0.15, -0.1) is 11.3 Å². The van der Waals surface area contributed by atoms with Crippen LogP contribution in [-0.4, -0.2) is 0 Å². The summed E-state index contributed by atoms with van der Waals surface area (Å²) in [7, 11) is 0. The summed E-state index contributed by atoms with van der Waals surface area (Å²) in [6, 6.07) is 118. The van der Waals surface area contributed by atoms with Gasteiger partial charge >= 0.3 is 0 Å². The third kappa shape index (κ3) is 8.19. The first-order valence-corrected chi connectivity index (χ1v) is 37.7. The lowest BCUT2D eigenvalue weighted by Gasteiger charge is -2.23. The molecule has 0 saturated heterocycles. The summed E-state index contributed by atoms with van der Waals surface area (Å²) in [4.78, 5) is 0. The molecule has 3 aliphatic carbocycles. The third-order valence-corrected chi connectivity index (χ3v) is 26.0. The topological polar surface area (TPSA) is 0 Å². The van der Waals surface area contributed by atoms with Gasteiger partial charge in [0.2, 0.25) is 0 Å². The molecule has 20 aromatic carbocycles. The van der Waals surface area contributed by atoms with Gasteiger partial charge in [-0.2, -0.15) is 0 Å². The quantitative estimate of drug-likeness (QED) is 0.155. The summed E-state index contributed by atoms with van der Waals surface area (Å²) in [6.07, 6.45) is 0. The average molecular weight is 1340 g/mol. The molecule has 1 aromatic heterocycles. The Morgan fingerprint density at radius 2 is 0.519 bits per heavy atom. The molecule has 0 nitrogen and oxygen atoms in total. The van der Waals surface area contributed by atoms with Crippen LogP contribution in [-0.2, 0) is 16.2 Å². The fraction of sp³-hybridized carbons (Fsp3) is 0.0874. The highest BCUT2D eigenvalue weighted by atomic mass is 32.1. The lowest BCUT2D eigenvalue weighted by Crippen LogP contribution is -2.14. The van der Waals surface area contributed by atoms with E-state index in [4.69, 9.17) is 0 Å². The second-order valence-electron chi connectivity index (χ2n) is 31.2. The normalized spacial score (nSPS) is 14.3. The van der Waals surface area contributed by atoms with E-state index in [1.807, 2.05) is 11.3 Å². The van der Waals surface area contributed by atoms with E-state index in [1.165, 1.54) is 228 Å². The molecule has 0 spiro atoms. The minimum absolute atomic E-state index is 0.00119. The predicted molar refractivity (Wildman–Crippen MR) is 450 cm³/mol. The van der Waals surface area contributed by atoms with E-state index in [9.17, 15) is 0 Å². The van der Waals surface area contributed by atoms with Gasteiger partial charge in [0.25, 0.3) is 0 Å². The van der Waals surface area contributed by atoms with Crippen LogP contribution in [0, 0.1) is 0 Å². The highest BCUT2D eigenvalue weighted by Gasteiger charge is 2.40. The average Bonchev–Trinajstić information content (AvgIpc) is 1.46. The Bertz CT molecular complexity index is 7230. The minimum Gasteiger partial charge on any atom is -0.135 e. The molecule has 0 unspecified atom stereocenters. The van der Waals surface area contributed by atoms with E-state index in [1.54, 1.807) is 0 Å². The van der Waals surface area contributed by atoms with Crippen molar-refractivity contribution in [2.45, 2.75) is 57.8 Å². The van der Waals surface area contributed by atoms with Crippen LogP contribution in [0.3, 0.4) is 0 Å². The third-order valence-electron chi connectivity index (χ3n) is 24.8. The zero-order chi connectivity index (χ0) is 69.2. The number of benzene rings is 20. The van der Waals surface area contributed by atoms with Gasteiger partial charge in [0.15, 0.2) is 0 Å². The van der Waals surface area contributed by atoms with Crippen LogP contribution in [0.25, 0.3) is 195 Å². The van der Waals surface area contributed by atoms with Gasteiger partial charge in [0.1, 0.15) is 0 Å². The van der Waals surface area contributed by atoms with Crippen LogP contribution in [0.4, 0.5) is 0 Å². The minimum atomic E-state index is 0.00119. The fourth-order valence-electron chi connectivity index (χ4n) is 19.9. The van der Waals surface area contributed by atoms with Crippen molar-refractivity contribution in [2.75, 3.05) is 0 Å². The summed E-state index contributed by atoms with van der Waals surface area (Å²) in [5.41, 5.74) is 24.9. The van der Waals surface area contributed by atoms with E-state index >= 15 is 0 Å². The van der Waals surface area contributed by atoms with E-state index in [-0.39, 0.29) is 16.2 Å². The van der Waals surface area contributed by atoms with Crippen LogP contribution < -0.4 is 0 Å². The molecule has 3 aliphatic rings. The summed E-state index contributed by atoms with van der Waals surface area (Å²) < 4.78 is 2.71. The van der Waals surface area contributed by atoms with Crippen LogP contribution >= 0.6 is 11.3 Å². The molecule has 488 valence electrons. The Kier molecular flexibility index (Phi) is 12.4. The number of fused-ring (bicyclic) bond motifs is 16. The first-order chi connectivity index (χ1) is 50.9. The largest absolute Gasteiger partial charge is 0.135 e. The van der Waals surface area contributed by atoms with Crippen molar-refractivity contribution in [1.82, 2.24) is 0 Å². The Morgan fingerprint density at radius 1 is 0.183 bits per heavy atom. The van der Waals surface area contributed by atoms with Crippen LogP contribution in [0.2, 0.25) is 0 Å². The number of rotatable bonds is 3. The molecule has 0 fully saturated rings. The Hall–Kier alpha value is -12.0. The maximum Gasteiger partial charge on any atom is 0.0361 e. The first-order valence-electron chi connectivity index (χ1n) is 36.9. The molecule has 0 amide bonds. The lowest BCUT2D eigenvalue weighted by atomic mass is 9.80. The van der Waals surface area contributed by atoms with Crippen LogP contribution in [0.5, 0.6) is 0 Å². The van der Waals surface area contributed by atoms with Gasteiger partial charge in [-0.3, -0.25) is 0 Å². The summed E-state index contributed by atoms with van der Waals surface area (Å²) in [6.45, 7) is 14.2. The van der Waals surface area contributed by atoms with Crippen molar-refractivity contribution >= 4 is 139 Å². The first kappa shape index (κ1) is 59.7. The molecule has 0 saturated carbocycles. The molecule has 1 heteroatoms. The monoisotopic (exact) mass is 1340 g/mol. The lowest BCUT2D eigenvalue weighted by molar-refractivity contribution is 0.661. The highest BCUT2D eigenvalue weighted by molar-refractivity contribution is 7.25. The van der Waals surface area contributed by atoms with Crippen molar-refractivity contribution in [3.8, 4) is 66.8 Å². The van der Waals surface area contributed by atoms with Crippen molar-refractivity contribution in [1.29, 1.82) is 0 Å². The molecule has 21 aromatic rings. The molecule has 0 bridgehead atoms. The zero-order valence-electron chi connectivity index (χ0n) is 58.9. The Labute approximate surface area is 608 Å². The SMILES string of the molecule is CC1(C)c2ccccc2-c2c1cc1ccc3c(-c4ccc5c(c4)sc4ccccc45)ccc4ccc2c1c43.CC1(C)c2ccccc2-c2c1cc1ccc3c(-c4cccc5ccccc45)ccc4ccc2c1c43.CC1(C)c2ccccc2-c2c1cc1ccc3c(-c4ccccc4)ccc4ccc2c1c43. The molecular formula is C103H70S. The van der Waals surface area contributed by atoms with E-state index in [2.05, 4.69) is 357 Å². The van der Waals surface area contributed by atoms with Gasteiger partial charge in [-0.25, -0.2) is 0 Å². The maximum atomic E-state index is 2.46. The van der Waals surface area contributed by atoms with Gasteiger partial charge < -0.3 is 0 Å². The van der Waals surface area contributed by atoms with Crippen molar-refractivity contribution < 1.29 is 0 Å². The molecule has 0 aliphatic heterocycles. The molecule has 24 rings (SSSR count). The predicted octanol–water partition coefficient (Wildman–Crippen LogP) is 29.2. The van der Waals surface area contributed by atoms with E-state index in [0.717, 1.165) is 0 Å². The van der Waals surface area contributed by atoms with Crippen LogP contribution in [0.1, 0.15) is 74.9 Å². The highest BCUT2D eigenvalue weighted by Crippen LogP contribution is 2.58. The van der Waals surface area contributed by atoms with Crippen molar-refractivity contribution in [3.05, 3.63) is 349 Å². The summed E-state index contributed by atoms with van der Waals surface area (Å²) in [5.74, 6) is 0. The maximum absolute atomic E-state index is 2.46. The summed E-state index contributed by atoms with van der Waals surface area (Å²) in [5, 5.41) is 29.8. The Morgan fingerprint density at radius 3 is 1.03 bits per heavy atom. The molecule has 0 N–H and O–H groups in total. The van der Waals surface area contributed by atoms with E-state index in [0.29, 0.717) is 0 Å². The second kappa shape index (κ2) is 21.5. The number of hydrogen-bond acceptors (Lipinski definition) is 1. The van der Waals surface area contributed by atoms with Gasteiger partial charge in [0.05, 0.1) is 0 Å². The molecule has 0 radical (unpaired) electrons. The number of hydrogen-bond donors (Lipinski definition) is 0. The van der Waals surface area contributed by atoms with Gasteiger partial charge in [-0.1, -0.05) is 327 Å². The van der Waals surface area contributed by atoms with Crippen molar-refractivity contribution in [3.63, 3.8) is 0 Å². The second-order valence-corrected chi connectivity index (χ2v) is 32.3. The molecular weight excluding hydrogens is 1270 g/mol. The van der Waals surface area contributed by atoms with Gasteiger partial charge in [0, 0.05) is 36.4 Å². The molecule has 0 atom stereocenters. The Balaban J connectivity index is 0.0000000985. The fourth-order valence-corrected chi connectivity index (χ4v) is 21.0. The van der Waals surface area contributed by atoms with Crippen LogP contribution in [0.15, 0.2) is 315 Å².